The third-order valence-electron chi connectivity index (χ3n) is 4.37. The Bertz CT molecular complexity index is 416. The molecule has 3 unspecified atom stereocenters. The largest absolute Gasteiger partial charge is 0.392 e. The molecule has 0 bridgehead atoms. The highest BCUT2D eigenvalue weighted by molar-refractivity contribution is 9.10. The van der Waals surface area contributed by atoms with Crippen LogP contribution in [0.5, 0.6) is 0 Å². The van der Waals surface area contributed by atoms with Crippen LogP contribution in [0.4, 0.5) is 0 Å². The van der Waals surface area contributed by atoms with Crippen LogP contribution in [0.15, 0.2) is 4.47 Å². The number of hydrogen-bond donors (Lipinski definition) is 1. The second kappa shape index (κ2) is 5.74. The van der Waals surface area contributed by atoms with Gasteiger partial charge in [0.05, 0.1) is 22.0 Å². The summed E-state index contributed by atoms with van der Waals surface area (Å²) < 4.78 is 2.93. The summed E-state index contributed by atoms with van der Waals surface area (Å²) in [6, 6.07) is 0. The fourth-order valence-electron chi connectivity index (χ4n) is 3.10. The molecule has 1 aromatic heterocycles. The van der Waals surface area contributed by atoms with Gasteiger partial charge in [-0.25, -0.2) is 0 Å². The lowest BCUT2D eigenvalue weighted by Crippen LogP contribution is -2.22. The van der Waals surface area contributed by atoms with Crippen molar-refractivity contribution in [3.63, 3.8) is 0 Å². The summed E-state index contributed by atoms with van der Waals surface area (Å²) >= 11 is 3.57. The first-order valence-electron chi connectivity index (χ1n) is 6.89. The molecule has 18 heavy (non-hydrogen) atoms. The molecule has 1 aromatic rings. The maximum absolute atomic E-state index is 10.4. The van der Waals surface area contributed by atoms with Crippen molar-refractivity contribution in [2.24, 2.45) is 18.9 Å². The van der Waals surface area contributed by atoms with Gasteiger partial charge in [0.2, 0.25) is 0 Å². The number of hydrogen-bond acceptors (Lipinski definition) is 2. The SMILES string of the molecule is CCC1CCC(C(O)Cc2c(Br)c(C)nn2C)C1. The zero-order valence-electron chi connectivity index (χ0n) is 11.5. The lowest BCUT2D eigenvalue weighted by molar-refractivity contribution is 0.106. The van der Waals surface area contributed by atoms with Crippen molar-refractivity contribution in [1.82, 2.24) is 9.78 Å². The van der Waals surface area contributed by atoms with E-state index in [4.69, 9.17) is 0 Å². The molecule has 0 spiro atoms. The maximum Gasteiger partial charge on any atom is 0.0738 e. The summed E-state index contributed by atoms with van der Waals surface area (Å²) in [4.78, 5) is 0. The third kappa shape index (κ3) is 2.80. The smallest absolute Gasteiger partial charge is 0.0738 e. The van der Waals surface area contributed by atoms with Gasteiger partial charge in [0.25, 0.3) is 0 Å². The molecule has 3 nitrogen and oxygen atoms in total. The maximum atomic E-state index is 10.4. The first-order chi connectivity index (χ1) is 8.52. The Balaban J connectivity index is 2.01. The Hall–Kier alpha value is -0.350. The fraction of sp³-hybridized carbons (Fsp3) is 0.786. The van der Waals surface area contributed by atoms with E-state index in [1.807, 2.05) is 18.7 Å². The summed E-state index contributed by atoms with van der Waals surface area (Å²) in [5.41, 5.74) is 2.11. The van der Waals surface area contributed by atoms with E-state index < -0.39 is 0 Å². The van der Waals surface area contributed by atoms with Crippen LogP contribution in [0.2, 0.25) is 0 Å². The van der Waals surface area contributed by atoms with Crippen LogP contribution < -0.4 is 0 Å². The van der Waals surface area contributed by atoms with Gasteiger partial charge in [0, 0.05) is 13.5 Å². The van der Waals surface area contributed by atoms with Crippen LogP contribution in [-0.2, 0) is 13.5 Å². The van der Waals surface area contributed by atoms with Crippen molar-refractivity contribution in [2.45, 2.75) is 52.1 Å². The minimum atomic E-state index is -0.229. The third-order valence-corrected chi connectivity index (χ3v) is 5.40. The number of aromatic nitrogens is 2. The standard InChI is InChI=1S/C14H23BrN2O/c1-4-10-5-6-11(7-10)13(18)8-12-14(15)9(2)16-17(12)3/h10-11,13,18H,4-8H2,1-3H3. The summed E-state index contributed by atoms with van der Waals surface area (Å²) in [6.45, 7) is 4.24. The van der Waals surface area contributed by atoms with Crippen LogP contribution >= 0.6 is 15.9 Å². The van der Waals surface area contributed by atoms with Gasteiger partial charge in [0.15, 0.2) is 0 Å². The van der Waals surface area contributed by atoms with E-state index in [2.05, 4.69) is 28.0 Å². The molecule has 4 heteroatoms. The summed E-state index contributed by atoms with van der Waals surface area (Å²) in [6.07, 6.45) is 5.37. The molecule has 1 aliphatic carbocycles. The molecule has 0 amide bonds. The Morgan fingerprint density at radius 3 is 2.72 bits per heavy atom. The number of halogens is 1. The molecule has 0 aromatic carbocycles. The average Bonchev–Trinajstić information content (AvgIpc) is 2.90. The molecule has 1 fully saturated rings. The van der Waals surface area contributed by atoms with Crippen molar-refractivity contribution in [3.8, 4) is 0 Å². The van der Waals surface area contributed by atoms with E-state index in [0.29, 0.717) is 12.3 Å². The average molecular weight is 315 g/mol. The molecule has 2 rings (SSSR count). The van der Waals surface area contributed by atoms with Gasteiger partial charge in [-0.3, -0.25) is 4.68 Å². The molecule has 1 aliphatic rings. The Morgan fingerprint density at radius 1 is 1.50 bits per heavy atom. The zero-order chi connectivity index (χ0) is 13.3. The first-order valence-corrected chi connectivity index (χ1v) is 7.68. The summed E-state index contributed by atoms with van der Waals surface area (Å²) in [5.74, 6) is 1.29. The van der Waals surface area contributed by atoms with Gasteiger partial charge < -0.3 is 5.11 Å². The highest BCUT2D eigenvalue weighted by atomic mass is 79.9. The van der Waals surface area contributed by atoms with Crippen LogP contribution in [0.1, 0.15) is 44.0 Å². The van der Waals surface area contributed by atoms with Crippen molar-refractivity contribution in [2.75, 3.05) is 0 Å². The lowest BCUT2D eigenvalue weighted by Gasteiger charge is -2.18. The number of rotatable bonds is 4. The minimum Gasteiger partial charge on any atom is -0.392 e. The van der Waals surface area contributed by atoms with Gasteiger partial charge >= 0.3 is 0 Å². The zero-order valence-corrected chi connectivity index (χ0v) is 13.1. The Morgan fingerprint density at radius 2 is 2.22 bits per heavy atom. The van der Waals surface area contributed by atoms with Gasteiger partial charge in [0.1, 0.15) is 0 Å². The molecule has 3 atom stereocenters. The van der Waals surface area contributed by atoms with Crippen LogP contribution in [0.25, 0.3) is 0 Å². The van der Waals surface area contributed by atoms with Crippen LogP contribution in [0.3, 0.4) is 0 Å². The number of aliphatic hydroxyl groups excluding tert-OH is 1. The fourth-order valence-corrected chi connectivity index (χ4v) is 3.60. The Labute approximate surface area is 118 Å². The topological polar surface area (TPSA) is 38.1 Å². The predicted molar refractivity (Wildman–Crippen MR) is 76.5 cm³/mol. The van der Waals surface area contributed by atoms with Crippen molar-refractivity contribution < 1.29 is 5.11 Å². The first kappa shape index (κ1) is 14.1. The quantitative estimate of drug-likeness (QED) is 0.926. The summed E-state index contributed by atoms with van der Waals surface area (Å²) in [5, 5.41) is 14.8. The molecule has 1 heterocycles. The molecule has 0 radical (unpaired) electrons. The summed E-state index contributed by atoms with van der Waals surface area (Å²) in [7, 11) is 1.95. The van der Waals surface area contributed by atoms with E-state index in [-0.39, 0.29) is 6.10 Å². The second-order valence-corrected chi connectivity index (χ2v) is 6.38. The molecular formula is C14H23BrN2O. The minimum absolute atomic E-state index is 0.229. The predicted octanol–water partition coefficient (Wildman–Crippen LogP) is 3.22. The number of aryl methyl sites for hydroxylation is 2. The van der Waals surface area contributed by atoms with Crippen molar-refractivity contribution >= 4 is 15.9 Å². The van der Waals surface area contributed by atoms with Gasteiger partial charge in [-0.2, -0.15) is 5.10 Å². The molecule has 1 saturated carbocycles. The molecule has 0 saturated heterocycles. The van der Waals surface area contributed by atoms with E-state index >= 15 is 0 Å². The lowest BCUT2D eigenvalue weighted by atomic mass is 9.95. The number of aliphatic hydroxyl groups is 1. The van der Waals surface area contributed by atoms with Gasteiger partial charge in [-0.15, -0.1) is 0 Å². The second-order valence-electron chi connectivity index (χ2n) is 5.59. The Kier molecular flexibility index (Phi) is 4.49. The van der Waals surface area contributed by atoms with E-state index in [1.54, 1.807) is 0 Å². The van der Waals surface area contributed by atoms with Crippen LogP contribution in [-0.4, -0.2) is 21.0 Å². The molecule has 1 N–H and O–H groups in total. The highest BCUT2D eigenvalue weighted by Gasteiger charge is 2.30. The molecule has 102 valence electrons. The monoisotopic (exact) mass is 314 g/mol. The van der Waals surface area contributed by atoms with Gasteiger partial charge in [-0.05, 0) is 47.5 Å². The van der Waals surface area contributed by atoms with E-state index in [9.17, 15) is 5.11 Å². The molecule has 0 aliphatic heterocycles. The highest BCUT2D eigenvalue weighted by Crippen LogP contribution is 2.36. The normalized spacial score (nSPS) is 25.6. The van der Waals surface area contributed by atoms with E-state index in [1.165, 1.54) is 25.7 Å². The van der Waals surface area contributed by atoms with Crippen molar-refractivity contribution in [1.29, 1.82) is 0 Å². The van der Waals surface area contributed by atoms with Crippen LogP contribution in [0, 0.1) is 18.8 Å². The molecular weight excluding hydrogens is 292 g/mol. The number of nitrogens with zero attached hydrogens (tertiary/aromatic N) is 2. The van der Waals surface area contributed by atoms with Gasteiger partial charge in [-0.1, -0.05) is 19.8 Å². The van der Waals surface area contributed by atoms with Crippen molar-refractivity contribution in [3.05, 3.63) is 15.9 Å². The van der Waals surface area contributed by atoms with E-state index in [0.717, 1.165) is 21.8 Å².